The normalized spacial score (nSPS) is 18.8. The second-order valence-electron chi connectivity index (χ2n) is 7.43. The molecule has 4 N–H and O–H groups in total. The van der Waals surface area contributed by atoms with Crippen LogP contribution in [0.3, 0.4) is 0 Å². The molecule has 0 radical (unpaired) electrons. The fraction of sp³-hybridized carbons (Fsp3) is 0.364. The molecule has 6 heteroatoms. The van der Waals surface area contributed by atoms with Crippen LogP contribution in [-0.4, -0.2) is 24.1 Å². The third kappa shape index (κ3) is 5.74. The minimum atomic E-state index is -0.247. The first kappa shape index (κ1) is 19.7. The summed E-state index contributed by atoms with van der Waals surface area (Å²) in [6.45, 7) is 3.97. The van der Waals surface area contributed by atoms with Gasteiger partial charge >= 0.3 is 12.1 Å². The smallest absolute Gasteiger partial charge is 0.319 e. The minimum absolute atomic E-state index is 0.0955. The molecule has 1 saturated carbocycles. The van der Waals surface area contributed by atoms with Crippen LogP contribution in [0.5, 0.6) is 0 Å². The molecule has 0 aromatic heterocycles. The maximum Gasteiger partial charge on any atom is 0.319 e. The molecule has 0 bridgehead atoms. The predicted octanol–water partition coefficient (Wildman–Crippen LogP) is 4.56. The number of carbonyl (C=O) groups excluding carboxylic acids is 2. The van der Waals surface area contributed by atoms with Gasteiger partial charge in [0.2, 0.25) is 0 Å². The Balaban J connectivity index is 1.55. The molecule has 28 heavy (non-hydrogen) atoms. The Hall–Kier alpha value is -3.02. The van der Waals surface area contributed by atoms with Crippen LogP contribution in [0, 0.1) is 13.8 Å². The Labute approximate surface area is 166 Å². The number of amides is 4. The summed E-state index contributed by atoms with van der Waals surface area (Å²) >= 11 is 0. The van der Waals surface area contributed by atoms with Gasteiger partial charge in [0.25, 0.3) is 0 Å². The molecule has 148 valence electrons. The Morgan fingerprint density at radius 2 is 1.18 bits per heavy atom. The number of hydrogen-bond donors (Lipinski definition) is 4. The number of hydrogen-bond acceptors (Lipinski definition) is 2. The summed E-state index contributed by atoms with van der Waals surface area (Å²) < 4.78 is 0. The average Bonchev–Trinajstić information content (AvgIpc) is 2.63. The molecule has 0 aliphatic heterocycles. The quantitative estimate of drug-likeness (QED) is 0.627. The summed E-state index contributed by atoms with van der Waals surface area (Å²) in [5.74, 6) is 0. The van der Waals surface area contributed by atoms with E-state index in [4.69, 9.17) is 0 Å². The van der Waals surface area contributed by atoms with Crippen molar-refractivity contribution in [3.05, 3.63) is 59.7 Å². The average molecular weight is 380 g/mol. The largest absolute Gasteiger partial charge is 0.333 e. The van der Waals surface area contributed by atoms with E-state index in [9.17, 15) is 9.59 Å². The molecule has 4 amide bonds. The number of urea groups is 2. The highest BCUT2D eigenvalue weighted by Crippen LogP contribution is 2.19. The number of nitrogens with one attached hydrogen (secondary N) is 4. The number of carbonyl (C=O) groups is 2. The number of rotatable bonds is 4. The van der Waals surface area contributed by atoms with Crippen LogP contribution in [0.2, 0.25) is 0 Å². The summed E-state index contributed by atoms with van der Waals surface area (Å²) in [5.41, 5.74) is 3.69. The van der Waals surface area contributed by atoms with Crippen molar-refractivity contribution in [3.8, 4) is 0 Å². The van der Waals surface area contributed by atoms with Gasteiger partial charge in [-0.05, 0) is 62.1 Å². The van der Waals surface area contributed by atoms with Gasteiger partial charge in [-0.2, -0.15) is 0 Å². The van der Waals surface area contributed by atoms with Crippen molar-refractivity contribution in [1.82, 2.24) is 10.6 Å². The predicted molar refractivity (Wildman–Crippen MR) is 113 cm³/mol. The van der Waals surface area contributed by atoms with Gasteiger partial charge in [0.15, 0.2) is 0 Å². The highest BCUT2D eigenvalue weighted by atomic mass is 16.2. The zero-order valence-electron chi connectivity index (χ0n) is 16.4. The van der Waals surface area contributed by atoms with E-state index in [-0.39, 0.29) is 24.1 Å². The summed E-state index contributed by atoms with van der Waals surface area (Å²) in [6, 6.07) is 14.7. The topological polar surface area (TPSA) is 82.3 Å². The first-order valence-electron chi connectivity index (χ1n) is 9.78. The fourth-order valence-corrected chi connectivity index (χ4v) is 3.59. The third-order valence-corrected chi connectivity index (χ3v) is 4.95. The summed E-state index contributed by atoms with van der Waals surface area (Å²) in [6.07, 6.45) is 3.76. The maximum atomic E-state index is 12.4. The Bertz CT molecular complexity index is 767. The zero-order chi connectivity index (χ0) is 19.9. The van der Waals surface area contributed by atoms with E-state index < -0.39 is 0 Å². The Morgan fingerprint density at radius 1 is 0.750 bits per heavy atom. The van der Waals surface area contributed by atoms with E-state index in [1.54, 1.807) is 0 Å². The number of anilines is 2. The van der Waals surface area contributed by atoms with E-state index in [2.05, 4.69) is 21.3 Å². The molecule has 1 aliphatic carbocycles. The van der Waals surface area contributed by atoms with Gasteiger partial charge in [0, 0.05) is 11.4 Å². The molecule has 1 fully saturated rings. The fourth-order valence-electron chi connectivity index (χ4n) is 3.59. The van der Waals surface area contributed by atoms with E-state index in [1.807, 2.05) is 62.4 Å². The minimum Gasteiger partial charge on any atom is -0.333 e. The van der Waals surface area contributed by atoms with Crippen LogP contribution in [0.1, 0.15) is 36.8 Å². The SMILES string of the molecule is Cc1cccc(NC(=O)N[C@@H]2CCCC[C@H]2NC(=O)Nc2cccc(C)c2)c1. The molecular weight excluding hydrogens is 352 g/mol. The van der Waals surface area contributed by atoms with E-state index in [0.29, 0.717) is 0 Å². The summed E-state index contributed by atoms with van der Waals surface area (Å²) in [4.78, 5) is 24.8. The molecule has 0 spiro atoms. The Kier molecular flexibility index (Phi) is 6.53. The van der Waals surface area contributed by atoms with Gasteiger partial charge in [-0.25, -0.2) is 9.59 Å². The number of aryl methyl sites for hydroxylation is 2. The van der Waals surface area contributed by atoms with Crippen molar-refractivity contribution in [2.24, 2.45) is 0 Å². The molecular formula is C22H28N4O2. The zero-order valence-corrected chi connectivity index (χ0v) is 16.4. The van der Waals surface area contributed by atoms with E-state index >= 15 is 0 Å². The second kappa shape index (κ2) is 9.26. The van der Waals surface area contributed by atoms with Crippen molar-refractivity contribution in [2.75, 3.05) is 10.6 Å². The lowest BCUT2D eigenvalue weighted by atomic mass is 9.90. The van der Waals surface area contributed by atoms with Crippen LogP contribution < -0.4 is 21.3 Å². The second-order valence-corrected chi connectivity index (χ2v) is 7.43. The molecule has 2 aromatic rings. The van der Waals surface area contributed by atoms with Gasteiger partial charge < -0.3 is 21.3 Å². The van der Waals surface area contributed by atoms with Crippen LogP contribution in [0.4, 0.5) is 21.0 Å². The molecule has 0 saturated heterocycles. The van der Waals surface area contributed by atoms with Crippen molar-refractivity contribution in [1.29, 1.82) is 0 Å². The van der Waals surface area contributed by atoms with Crippen LogP contribution in [-0.2, 0) is 0 Å². The van der Waals surface area contributed by atoms with Crippen molar-refractivity contribution in [2.45, 2.75) is 51.6 Å². The lowest BCUT2D eigenvalue weighted by Gasteiger charge is -2.32. The molecule has 2 aromatic carbocycles. The molecule has 1 aliphatic rings. The van der Waals surface area contributed by atoms with Crippen molar-refractivity contribution in [3.63, 3.8) is 0 Å². The van der Waals surface area contributed by atoms with Gasteiger partial charge in [-0.3, -0.25) is 0 Å². The summed E-state index contributed by atoms with van der Waals surface area (Å²) in [7, 11) is 0. The van der Waals surface area contributed by atoms with E-state index in [1.165, 1.54) is 0 Å². The van der Waals surface area contributed by atoms with Gasteiger partial charge in [-0.15, -0.1) is 0 Å². The maximum absolute atomic E-state index is 12.4. The highest BCUT2D eigenvalue weighted by molar-refractivity contribution is 5.90. The lowest BCUT2D eigenvalue weighted by Crippen LogP contribution is -2.54. The first-order chi connectivity index (χ1) is 13.5. The molecule has 6 nitrogen and oxygen atoms in total. The van der Waals surface area contributed by atoms with Gasteiger partial charge in [0.1, 0.15) is 0 Å². The molecule has 2 atom stereocenters. The standard InChI is InChI=1S/C22H28N4O2/c1-15-7-5-9-17(13-15)23-21(27)25-19-11-3-4-12-20(19)26-22(28)24-18-10-6-8-16(2)14-18/h5-10,13-14,19-20H,3-4,11-12H2,1-2H3,(H2,23,25,27)(H2,24,26,28)/t19-,20-/m1/s1. The highest BCUT2D eigenvalue weighted by Gasteiger charge is 2.28. The van der Waals surface area contributed by atoms with Crippen LogP contribution >= 0.6 is 0 Å². The first-order valence-corrected chi connectivity index (χ1v) is 9.78. The van der Waals surface area contributed by atoms with E-state index in [0.717, 1.165) is 48.2 Å². The van der Waals surface area contributed by atoms with Gasteiger partial charge in [-0.1, -0.05) is 37.1 Å². The summed E-state index contributed by atoms with van der Waals surface area (Å²) in [5, 5.41) is 11.8. The molecule has 0 unspecified atom stereocenters. The van der Waals surface area contributed by atoms with Crippen molar-refractivity contribution >= 4 is 23.4 Å². The monoisotopic (exact) mass is 380 g/mol. The Morgan fingerprint density at radius 3 is 1.57 bits per heavy atom. The third-order valence-electron chi connectivity index (χ3n) is 4.95. The van der Waals surface area contributed by atoms with Crippen molar-refractivity contribution < 1.29 is 9.59 Å². The lowest BCUT2D eigenvalue weighted by molar-refractivity contribution is 0.225. The van der Waals surface area contributed by atoms with Crippen LogP contribution in [0.15, 0.2) is 48.5 Å². The molecule has 0 heterocycles. The van der Waals surface area contributed by atoms with Crippen LogP contribution in [0.25, 0.3) is 0 Å². The van der Waals surface area contributed by atoms with Gasteiger partial charge in [0.05, 0.1) is 12.1 Å². The molecule has 3 rings (SSSR count). The number of benzene rings is 2.